The van der Waals surface area contributed by atoms with Crippen molar-refractivity contribution in [1.82, 2.24) is 9.88 Å². The molecule has 3 rings (SSSR count). The first-order chi connectivity index (χ1) is 15.5. The fourth-order valence-corrected chi connectivity index (χ4v) is 4.47. The van der Waals surface area contributed by atoms with Crippen LogP contribution in [0.2, 0.25) is 0 Å². The molecule has 7 nitrogen and oxygen atoms in total. The van der Waals surface area contributed by atoms with Gasteiger partial charge in [-0.3, -0.25) is 9.69 Å². The molecule has 0 aliphatic heterocycles. The van der Waals surface area contributed by atoms with E-state index in [0.717, 1.165) is 29.9 Å². The molecule has 0 unspecified atom stereocenters. The lowest BCUT2D eigenvalue weighted by Gasteiger charge is -2.24. The summed E-state index contributed by atoms with van der Waals surface area (Å²) in [6.07, 6.45) is 0. The average Bonchev–Trinajstić information content (AvgIpc) is 3.26. The van der Waals surface area contributed by atoms with Gasteiger partial charge in [0.15, 0.2) is 11.7 Å². The third kappa shape index (κ3) is 5.49. The Labute approximate surface area is 193 Å². The highest BCUT2D eigenvalue weighted by Crippen LogP contribution is 2.40. The molecule has 0 saturated carbocycles. The number of hydrogen-bond donors (Lipinski definition) is 0. The van der Waals surface area contributed by atoms with Crippen molar-refractivity contribution < 1.29 is 19.0 Å². The number of hydrogen-bond acceptors (Lipinski definition) is 7. The van der Waals surface area contributed by atoms with Crippen molar-refractivity contribution in [2.45, 2.75) is 20.8 Å². The van der Waals surface area contributed by atoms with Gasteiger partial charge in [-0.05, 0) is 44.3 Å². The van der Waals surface area contributed by atoms with Crippen LogP contribution in [0.1, 0.15) is 19.4 Å². The Morgan fingerprint density at radius 3 is 2.25 bits per heavy atom. The second kappa shape index (κ2) is 11.2. The molecule has 1 heterocycles. The molecule has 0 aliphatic rings. The van der Waals surface area contributed by atoms with E-state index >= 15 is 0 Å². The van der Waals surface area contributed by atoms with Crippen LogP contribution in [-0.4, -0.2) is 62.8 Å². The number of rotatable bonds is 11. The number of nitrogens with zero attached hydrogens (tertiary/aromatic N) is 3. The van der Waals surface area contributed by atoms with Gasteiger partial charge >= 0.3 is 0 Å². The maximum Gasteiger partial charge on any atom is 0.266 e. The van der Waals surface area contributed by atoms with E-state index in [0.29, 0.717) is 34.4 Å². The van der Waals surface area contributed by atoms with Crippen molar-refractivity contribution in [2.24, 2.45) is 0 Å². The van der Waals surface area contributed by atoms with Gasteiger partial charge in [0.05, 0.1) is 14.2 Å². The van der Waals surface area contributed by atoms with Gasteiger partial charge < -0.3 is 19.1 Å². The lowest BCUT2D eigenvalue weighted by atomic mass is 10.2. The molecule has 32 heavy (non-hydrogen) atoms. The second-order valence-electron chi connectivity index (χ2n) is 7.32. The van der Waals surface area contributed by atoms with E-state index in [2.05, 4.69) is 18.7 Å². The maximum absolute atomic E-state index is 13.2. The Bertz CT molecular complexity index is 991. The van der Waals surface area contributed by atoms with E-state index < -0.39 is 0 Å². The summed E-state index contributed by atoms with van der Waals surface area (Å²) in [5, 5.41) is 0.604. The predicted octanol–water partition coefficient (Wildman–Crippen LogP) is 4.38. The van der Waals surface area contributed by atoms with Gasteiger partial charge in [-0.2, -0.15) is 0 Å². The molecule has 1 aromatic heterocycles. The summed E-state index contributed by atoms with van der Waals surface area (Å²) in [6, 6.07) is 11.3. The number of fused-ring (bicyclic) bond motifs is 1. The van der Waals surface area contributed by atoms with E-state index in [-0.39, 0.29) is 12.5 Å². The molecule has 1 amide bonds. The number of carbonyl (C=O) groups is 1. The standard InChI is InChI=1S/C24H31N3O4S/c1-6-26(7-2)14-15-27(21(28)16-31-18-10-8-17(3)9-11-18)24-25-22-19(29-4)12-13-20(30-5)23(22)32-24/h8-13H,6-7,14-16H2,1-5H3. The first-order valence-corrected chi connectivity index (χ1v) is 11.6. The van der Waals surface area contributed by atoms with Crippen molar-refractivity contribution in [2.75, 3.05) is 51.9 Å². The van der Waals surface area contributed by atoms with Gasteiger partial charge in [0.2, 0.25) is 0 Å². The summed E-state index contributed by atoms with van der Waals surface area (Å²) in [6.45, 7) is 9.27. The monoisotopic (exact) mass is 457 g/mol. The largest absolute Gasteiger partial charge is 0.495 e. The zero-order chi connectivity index (χ0) is 23.1. The van der Waals surface area contributed by atoms with Crippen molar-refractivity contribution in [3.63, 3.8) is 0 Å². The van der Waals surface area contributed by atoms with Gasteiger partial charge in [-0.25, -0.2) is 4.98 Å². The highest BCUT2D eigenvalue weighted by atomic mass is 32.1. The van der Waals surface area contributed by atoms with E-state index in [1.54, 1.807) is 19.1 Å². The molecule has 0 radical (unpaired) electrons. The number of benzene rings is 2. The maximum atomic E-state index is 13.2. The van der Waals surface area contributed by atoms with Crippen LogP contribution in [0, 0.1) is 6.92 Å². The molecule has 8 heteroatoms. The Morgan fingerprint density at radius 2 is 1.62 bits per heavy atom. The third-order valence-corrected chi connectivity index (χ3v) is 6.44. The van der Waals surface area contributed by atoms with Gasteiger partial charge in [0.1, 0.15) is 27.5 Å². The fourth-order valence-electron chi connectivity index (χ4n) is 3.36. The van der Waals surface area contributed by atoms with Crippen LogP contribution in [0.15, 0.2) is 36.4 Å². The van der Waals surface area contributed by atoms with Crippen LogP contribution in [-0.2, 0) is 4.79 Å². The summed E-state index contributed by atoms with van der Waals surface area (Å²) >= 11 is 1.42. The average molecular weight is 458 g/mol. The van der Waals surface area contributed by atoms with E-state index in [9.17, 15) is 4.79 Å². The van der Waals surface area contributed by atoms with Crippen molar-refractivity contribution in [1.29, 1.82) is 0 Å². The Kier molecular flexibility index (Phi) is 8.30. The van der Waals surface area contributed by atoms with Gasteiger partial charge in [0.25, 0.3) is 5.91 Å². The lowest BCUT2D eigenvalue weighted by Crippen LogP contribution is -2.41. The normalized spacial score (nSPS) is 11.1. The zero-order valence-corrected chi connectivity index (χ0v) is 20.2. The summed E-state index contributed by atoms with van der Waals surface area (Å²) in [5.41, 5.74) is 1.83. The molecule has 0 spiro atoms. The number of carbonyl (C=O) groups excluding carboxylic acids is 1. The molecule has 172 valence electrons. The molecule has 0 aliphatic carbocycles. The van der Waals surface area contributed by atoms with Crippen molar-refractivity contribution >= 4 is 32.6 Å². The molecule has 0 saturated heterocycles. The molecule has 0 atom stereocenters. The minimum Gasteiger partial charge on any atom is -0.495 e. The topological polar surface area (TPSA) is 64.1 Å². The van der Waals surface area contributed by atoms with Crippen molar-refractivity contribution in [3.8, 4) is 17.2 Å². The third-order valence-electron chi connectivity index (χ3n) is 5.35. The summed E-state index contributed by atoms with van der Waals surface area (Å²) in [5.74, 6) is 1.88. The van der Waals surface area contributed by atoms with Crippen LogP contribution in [0.25, 0.3) is 10.2 Å². The summed E-state index contributed by atoms with van der Waals surface area (Å²) < 4.78 is 17.6. The van der Waals surface area contributed by atoms with Crippen LogP contribution >= 0.6 is 11.3 Å². The molecule has 3 aromatic rings. The molecular formula is C24H31N3O4S. The van der Waals surface area contributed by atoms with Gasteiger partial charge in [0, 0.05) is 13.1 Å². The highest BCUT2D eigenvalue weighted by molar-refractivity contribution is 7.22. The van der Waals surface area contributed by atoms with Gasteiger partial charge in [-0.15, -0.1) is 0 Å². The lowest BCUT2D eigenvalue weighted by molar-refractivity contribution is -0.120. The number of thiazole rings is 1. The number of ether oxygens (including phenoxy) is 3. The number of methoxy groups -OCH3 is 2. The highest BCUT2D eigenvalue weighted by Gasteiger charge is 2.23. The minimum atomic E-state index is -0.144. The first kappa shape index (κ1) is 23.8. The molecular weight excluding hydrogens is 426 g/mol. The first-order valence-electron chi connectivity index (χ1n) is 10.7. The SMILES string of the molecule is CCN(CC)CCN(C(=O)COc1ccc(C)cc1)c1nc2c(OC)ccc(OC)c2s1. The fraction of sp³-hybridized carbons (Fsp3) is 0.417. The number of aryl methyl sites for hydroxylation is 1. The second-order valence-corrected chi connectivity index (χ2v) is 8.30. The van der Waals surface area contributed by atoms with Gasteiger partial charge in [-0.1, -0.05) is 42.9 Å². The molecule has 0 N–H and O–H groups in total. The smallest absolute Gasteiger partial charge is 0.266 e. The Balaban J connectivity index is 1.89. The molecule has 2 aromatic carbocycles. The number of anilines is 1. The molecule has 0 fully saturated rings. The quantitative estimate of drug-likeness (QED) is 0.426. The van der Waals surface area contributed by atoms with Crippen LogP contribution in [0.3, 0.4) is 0 Å². The van der Waals surface area contributed by atoms with Crippen LogP contribution < -0.4 is 19.1 Å². The number of amides is 1. The zero-order valence-electron chi connectivity index (χ0n) is 19.4. The van der Waals surface area contributed by atoms with Crippen molar-refractivity contribution in [3.05, 3.63) is 42.0 Å². The summed E-state index contributed by atoms with van der Waals surface area (Å²) in [4.78, 5) is 22.0. The van der Waals surface area contributed by atoms with Crippen LogP contribution in [0.5, 0.6) is 17.2 Å². The Hall–Kier alpha value is -2.84. The van der Waals surface area contributed by atoms with E-state index in [1.165, 1.54) is 11.3 Å². The minimum absolute atomic E-state index is 0.0640. The van der Waals surface area contributed by atoms with Crippen LogP contribution in [0.4, 0.5) is 5.13 Å². The van der Waals surface area contributed by atoms with E-state index in [4.69, 9.17) is 19.2 Å². The Morgan fingerprint density at radius 1 is 0.969 bits per heavy atom. The predicted molar refractivity (Wildman–Crippen MR) is 130 cm³/mol. The summed E-state index contributed by atoms with van der Waals surface area (Å²) in [7, 11) is 3.23. The number of likely N-dealkylation sites (N-methyl/N-ethyl adjacent to an activating group) is 1. The number of aromatic nitrogens is 1. The molecule has 0 bridgehead atoms. The van der Waals surface area contributed by atoms with E-state index in [1.807, 2.05) is 43.3 Å².